The van der Waals surface area contributed by atoms with Gasteiger partial charge in [0.25, 0.3) is 17.5 Å². The highest BCUT2D eigenvalue weighted by Crippen LogP contribution is 2.40. The molecule has 2 aliphatic rings. The number of hydrogen-bond donors (Lipinski definition) is 1. The average molecular weight is 500 g/mol. The second-order valence-corrected chi connectivity index (χ2v) is 9.47. The van der Waals surface area contributed by atoms with E-state index in [2.05, 4.69) is 22.3 Å². The third-order valence-corrected chi connectivity index (χ3v) is 7.26. The summed E-state index contributed by atoms with van der Waals surface area (Å²) in [6.45, 7) is 2.31. The normalized spacial score (nSPS) is 16.0. The minimum absolute atomic E-state index is 0.0437. The molecule has 2 aliphatic heterocycles. The molecular formula is C27H25N5O5. The highest BCUT2D eigenvalue weighted by molar-refractivity contribution is 6.50. The molecule has 4 heterocycles. The summed E-state index contributed by atoms with van der Waals surface area (Å²) in [4.78, 5) is 39.5. The Labute approximate surface area is 211 Å². The number of nitrogens with zero attached hydrogens (tertiary/aromatic N) is 4. The van der Waals surface area contributed by atoms with Gasteiger partial charge in [-0.3, -0.25) is 25.0 Å². The number of nitro groups is 1. The molecular weight excluding hydrogens is 474 g/mol. The molecule has 10 nitrogen and oxygen atoms in total. The minimum atomic E-state index is -0.493. The molecule has 0 bridgehead atoms. The molecule has 0 spiro atoms. The Hall–Kier alpha value is -4.44. The van der Waals surface area contributed by atoms with E-state index in [1.165, 1.54) is 12.1 Å². The van der Waals surface area contributed by atoms with Crippen molar-refractivity contribution in [3.8, 4) is 0 Å². The van der Waals surface area contributed by atoms with Crippen LogP contribution in [0.5, 0.6) is 0 Å². The molecule has 37 heavy (non-hydrogen) atoms. The zero-order valence-electron chi connectivity index (χ0n) is 20.5. The predicted molar refractivity (Wildman–Crippen MR) is 140 cm³/mol. The molecule has 188 valence electrons. The molecule has 2 amide bonds. The summed E-state index contributed by atoms with van der Waals surface area (Å²) in [5, 5.41) is 15.3. The molecule has 0 saturated carbocycles. The summed E-state index contributed by atoms with van der Waals surface area (Å²) in [6, 6.07) is 10.7. The standard InChI is InChI=1S/C27H25N5O5/c1-29-13-20(18-8-6-17(32(35)36)12-22(18)29)24-25(27(34)28-26(24)33)21-14-31(15-37-2)23-11-16(5-7-19(21)23)30-9-3-4-10-30/h5-8,11-14H,3-4,9-10,15H2,1-2H3,(H,28,33,34). The number of methoxy groups -OCH3 is 1. The van der Waals surface area contributed by atoms with Crippen molar-refractivity contribution >= 4 is 56.1 Å². The Morgan fingerprint density at radius 3 is 2.27 bits per heavy atom. The van der Waals surface area contributed by atoms with Crippen LogP contribution in [0.15, 0.2) is 48.8 Å². The smallest absolute Gasteiger partial charge is 0.271 e. The van der Waals surface area contributed by atoms with Crippen LogP contribution in [0.1, 0.15) is 24.0 Å². The maximum atomic E-state index is 13.2. The topological polar surface area (TPSA) is 112 Å². The van der Waals surface area contributed by atoms with E-state index in [0.29, 0.717) is 22.0 Å². The summed E-state index contributed by atoms with van der Waals surface area (Å²) in [5.41, 5.74) is 4.30. The molecule has 0 atom stereocenters. The molecule has 1 N–H and O–H groups in total. The third kappa shape index (κ3) is 3.60. The summed E-state index contributed by atoms with van der Waals surface area (Å²) in [6.07, 6.45) is 5.91. The number of carbonyl (C=O) groups excluding carboxylic acids is 2. The lowest BCUT2D eigenvalue weighted by Crippen LogP contribution is -2.22. The van der Waals surface area contributed by atoms with Crippen molar-refractivity contribution in [3.05, 3.63) is 70.0 Å². The van der Waals surface area contributed by atoms with Crippen LogP contribution in [0.3, 0.4) is 0 Å². The van der Waals surface area contributed by atoms with E-state index in [9.17, 15) is 19.7 Å². The van der Waals surface area contributed by atoms with Gasteiger partial charge >= 0.3 is 0 Å². The van der Waals surface area contributed by atoms with Crippen LogP contribution in [0.4, 0.5) is 11.4 Å². The van der Waals surface area contributed by atoms with Crippen molar-refractivity contribution < 1.29 is 19.2 Å². The number of benzene rings is 2. The second-order valence-electron chi connectivity index (χ2n) is 9.47. The lowest BCUT2D eigenvalue weighted by molar-refractivity contribution is -0.384. The van der Waals surface area contributed by atoms with Gasteiger partial charge < -0.3 is 18.8 Å². The van der Waals surface area contributed by atoms with Crippen LogP contribution >= 0.6 is 0 Å². The van der Waals surface area contributed by atoms with E-state index in [1.54, 1.807) is 31.0 Å². The summed E-state index contributed by atoms with van der Waals surface area (Å²) in [7, 11) is 3.37. The van der Waals surface area contributed by atoms with Crippen LogP contribution in [-0.4, -0.2) is 46.1 Å². The number of aromatic nitrogens is 2. The van der Waals surface area contributed by atoms with Gasteiger partial charge in [-0.2, -0.15) is 0 Å². The van der Waals surface area contributed by atoms with E-state index >= 15 is 0 Å². The maximum absolute atomic E-state index is 13.2. The number of carbonyl (C=O) groups is 2. The van der Waals surface area contributed by atoms with Crippen molar-refractivity contribution in [2.75, 3.05) is 25.1 Å². The molecule has 2 aromatic heterocycles. The van der Waals surface area contributed by atoms with Gasteiger partial charge in [-0.05, 0) is 31.0 Å². The molecule has 1 saturated heterocycles. The highest BCUT2D eigenvalue weighted by atomic mass is 16.6. The Kier molecular flexibility index (Phi) is 5.34. The number of hydrogen-bond acceptors (Lipinski definition) is 6. The summed E-state index contributed by atoms with van der Waals surface area (Å²) in [5.74, 6) is -0.966. The number of nitrogens with one attached hydrogen (secondary N) is 1. The fourth-order valence-electron chi connectivity index (χ4n) is 5.55. The van der Waals surface area contributed by atoms with Gasteiger partial charge in [0.15, 0.2) is 0 Å². The Morgan fingerprint density at radius 1 is 0.946 bits per heavy atom. The molecule has 0 radical (unpaired) electrons. The SMILES string of the molecule is COCn1cc(C2=C(c3cn(C)c4cc([N+](=O)[O-])ccc34)C(=O)NC2=O)c2ccc(N3CCCC3)cc21. The lowest BCUT2D eigenvalue weighted by Gasteiger charge is -2.18. The Balaban J connectivity index is 1.58. The predicted octanol–water partition coefficient (Wildman–Crippen LogP) is 3.81. The zero-order valence-corrected chi connectivity index (χ0v) is 20.5. The van der Waals surface area contributed by atoms with Crippen LogP contribution in [-0.2, 0) is 28.1 Å². The number of amides is 2. The quantitative estimate of drug-likeness (QED) is 0.245. The molecule has 10 heteroatoms. The Bertz CT molecular complexity index is 1650. The van der Waals surface area contributed by atoms with Crippen LogP contribution in [0.25, 0.3) is 33.0 Å². The number of ether oxygens (including phenoxy) is 1. The van der Waals surface area contributed by atoms with Gasteiger partial charge in [-0.25, -0.2) is 0 Å². The first-order valence-corrected chi connectivity index (χ1v) is 12.1. The van der Waals surface area contributed by atoms with Gasteiger partial charge in [0.05, 0.1) is 27.1 Å². The first-order valence-electron chi connectivity index (χ1n) is 12.1. The number of anilines is 1. The van der Waals surface area contributed by atoms with E-state index in [1.807, 2.05) is 16.8 Å². The number of nitro benzene ring substituents is 1. The van der Waals surface area contributed by atoms with E-state index in [-0.39, 0.29) is 23.6 Å². The minimum Gasteiger partial charge on any atom is -0.371 e. The van der Waals surface area contributed by atoms with E-state index in [4.69, 9.17) is 4.74 Å². The zero-order chi connectivity index (χ0) is 25.8. The first kappa shape index (κ1) is 23.0. The molecule has 0 unspecified atom stereocenters. The van der Waals surface area contributed by atoms with Crippen molar-refractivity contribution in [2.45, 2.75) is 19.6 Å². The Morgan fingerprint density at radius 2 is 1.59 bits per heavy atom. The van der Waals surface area contributed by atoms with Crippen molar-refractivity contribution in [3.63, 3.8) is 0 Å². The van der Waals surface area contributed by atoms with Gasteiger partial charge in [0.1, 0.15) is 6.73 Å². The van der Waals surface area contributed by atoms with Gasteiger partial charge in [0.2, 0.25) is 0 Å². The molecule has 1 fully saturated rings. The number of non-ortho nitro benzene ring substituents is 1. The number of imide groups is 1. The van der Waals surface area contributed by atoms with E-state index in [0.717, 1.165) is 42.5 Å². The van der Waals surface area contributed by atoms with Crippen LogP contribution < -0.4 is 10.2 Å². The number of aryl methyl sites for hydroxylation is 1. The van der Waals surface area contributed by atoms with Crippen molar-refractivity contribution in [1.29, 1.82) is 0 Å². The van der Waals surface area contributed by atoms with Crippen LogP contribution in [0.2, 0.25) is 0 Å². The fraction of sp³-hybridized carbons (Fsp3) is 0.259. The third-order valence-electron chi connectivity index (χ3n) is 7.26. The van der Waals surface area contributed by atoms with Gasteiger partial charge in [-0.1, -0.05) is 6.07 Å². The van der Waals surface area contributed by atoms with Crippen LogP contribution in [0, 0.1) is 10.1 Å². The second kappa shape index (κ2) is 8.59. The fourth-order valence-corrected chi connectivity index (χ4v) is 5.55. The highest BCUT2D eigenvalue weighted by Gasteiger charge is 2.35. The lowest BCUT2D eigenvalue weighted by atomic mass is 9.95. The average Bonchev–Trinajstić information content (AvgIpc) is 3.65. The molecule has 6 rings (SSSR count). The first-order chi connectivity index (χ1) is 17.9. The molecule has 0 aliphatic carbocycles. The van der Waals surface area contributed by atoms with Gasteiger partial charge in [0, 0.05) is 79.4 Å². The maximum Gasteiger partial charge on any atom is 0.271 e. The molecule has 4 aromatic rings. The molecule has 2 aromatic carbocycles. The monoisotopic (exact) mass is 499 g/mol. The number of fused-ring (bicyclic) bond motifs is 2. The summed E-state index contributed by atoms with van der Waals surface area (Å²) >= 11 is 0. The summed E-state index contributed by atoms with van der Waals surface area (Å²) < 4.78 is 9.11. The van der Waals surface area contributed by atoms with Crippen molar-refractivity contribution in [1.82, 2.24) is 14.5 Å². The van der Waals surface area contributed by atoms with E-state index < -0.39 is 16.7 Å². The van der Waals surface area contributed by atoms with Gasteiger partial charge in [-0.15, -0.1) is 0 Å². The largest absolute Gasteiger partial charge is 0.371 e. The van der Waals surface area contributed by atoms with Crippen molar-refractivity contribution in [2.24, 2.45) is 7.05 Å². The number of rotatable bonds is 6.